The van der Waals surface area contributed by atoms with E-state index in [1.165, 1.54) is 17.3 Å². The molecule has 0 spiro atoms. The number of amides is 1. The lowest BCUT2D eigenvalue weighted by Crippen LogP contribution is -2.23. The summed E-state index contributed by atoms with van der Waals surface area (Å²) in [6, 6.07) is 0. The number of hydrogen-bond acceptors (Lipinski definition) is 2. The van der Waals surface area contributed by atoms with Crippen molar-refractivity contribution < 1.29 is 9.59 Å². The van der Waals surface area contributed by atoms with Gasteiger partial charge in [0.05, 0.1) is 0 Å². The van der Waals surface area contributed by atoms with Crippen LogP contribution in [0.5, 0.6) is 0 Å². The third-order valence-electron chi connectivity index (χ3n) is 1.14. The summed E-state index contributed by atoms with van der Waals surface area (Å²) in [4.78, 5) is 21.9. The molecule has 0 aliphatic carbocycles. The molecule has 0 unspecified atom stereocenters. The second-order valence-electron chi connectivity index (χ2n) is 1.80. The zero-order valence-corrected chi connectivity index (χ0v) is 6.13. The molecule has 0 aromatic carbocycles. The third-order valence-corrected chi connectivity index (χ3v) is 1.14. The van der Waals surface area contributed by atoms with Crippen molar-refractivity contribution in [2.45, 2.75) is 6.92 Å². The summed E-state index contributed by atoms with van der Waals surface area (Å²) in [7, 11) is 1.66. The highest BCUT2D eigenvalue weighted by molar-refractivity contribution is 5.90. The van der Waals surface area contributed by atoms with Crippen molar-refractivity contribution >= 4 is 12.2 Å². The number of carbonyl (C=O) groups is 1. The van der Waals surface area contributed by atoms with Crippen LogP contribution in [0.3, 0.4) is 0 Å². The van der Waals surface area contributed by atoms with E-state index in [2.05, 4.69) is 0 Å². The zero-order chi connectivity index (χ0) is 7.98. The average Bonchev–Trinajstić information content (AvgIpc) is 1.98. The second-order valence-corrected chi connectivity index (χ2v) is 1.80. The van der Waals surface area contributed by atoms with Crippen LogP contribution in [0.25, 0.3) is 0 Å². The van der Waals surface area contributed by atoms with E-state index >= 15 is 0 Å². The van der Waals surface area contributed by atoms with Crippen LogP contribution in [0.4, 0.5) is 0 Å². The van der Waals surface area contributed by atoms with E-state index in [9.17, 15) is 9.59 Å². The molecule has 0 aromatic heterocycles. The largest absolute Gasteiger partial charge is 0.343 e. The van der Waals surface area contributed by atoms with Gasteiger partial charge in [0.2, 0.25) is 12.2 Å². The van der Waals surface area contributed by atoms with E-state index in [1.807, 2.05) is 6.92 Å². The van der Waals surface area contributed by atoms with Gasteiger partial charge in [-0.2, -0.15) is 0 Å². The summed E-state index contributed by atoms with van der Waals surface area (Å²) in [6.45, 7) is 2.50. The Balaban J connectivity index is 3.83. The fourth-order valence-electron chi connectivity index (χ4n) is 0.388. The zero-order valence-electron chi connectivity index (χ0n) is 6.13. The normalized spacial score (nSPS) is 9.80. The molecule has 0 aromatic rings. The first kappa shape index (κ1) is 8.88. The second kappa shape index (κ2) is 4.73. The van der Waals surface area contributed by atoms with Crippen LogP contribution in [0, 0.1) is 0 Å². The summed E-state index contributed by atoms with van der Waals surface area (Å²) >= 11 is 0. The first-order chi connectivity index (χ1) is 4.72. The number of hydrogen-bond donors (Lipinski definition) is 0. The number of rotatable bonds is 3. The van der Waals surface area contributed by atoms with E-state index in [4.69, 9.17) is 0 Å². The van der Waals surface area contributed by atoms with Crippen molar-refractivity contribution in [2.75, 3.05) is 13.6 Å². The van der Waals surface area contributed by atoms with E-state index in [1.54, 1.807) is 7.05 Å². The van der Waals surface area contributed by atoms with Gasteiger partial charge in [0.1, 0.15) is 0 Å². The summed E-state index contributed by atoms with van der Waals surface area (Å²) in [5.41, 5.74) is 0. The quantitative estimate of drug-likeness (QED) is 0.522. The van der Waals surface area contributed by atoms with E-state index in [-0.39, 0.29) is 5.91 Å². The maximum absolute atomic E-state index is 10.8. The fourth-order valence-corrected chi connectivity index (χ4v) is 0.388. The first-order valence-corrected chi connectivity index (χ1v) is 3.01. The highest BCUT2D eigenvalue weighted by Crippen LogP contribution is 1.83. The molecule has 0 saturated carbocycles. The molecular weight excluding hydrogens is 130 g/mol. The summed E-state index contributed by atoms with van der Waals surface area (Å²) < 4.78 is 0. The molecule has 0 atom stereocenters. The van der Waals surface area contributed by atoms with E-state index in [0.29, 0.717) is 6.54 Å². The standard InChI is InChI=1S/C7H10NO2/c1-3-8(2)7(10)5-4-6-9/h4-5H,3H2,1-2H3. The fraction of sp³-hybridized carbons (Fsp3) is 0.429. The summed E-state index contributed by atoms with van der Waals surface area (Å²) in [6.07, 6.45) is 3.75. The topological polar surface area (TPSA) is 37.4 Å². The highest BCUT2D eigenvalue weighted by Gasteiger charge is 1.98. The minimum atomic E-state index is -0.175. The molecule has 0 aliphatic heterocycles. The van der Waals surface area contributed by atoms with Gasteiger partial charge in [-0.25, -0.2) is 0 Å². The minimum Gasteiger partial charge on any atom is -0.343 e. The lowest BCUT2D eigenvalue weighted by Gasteiger charge is -2.09. The molecule has 0 heterocycles. The number of nitrogens with zero attached hydrogens (tertiary/aromatic N) is 1. The number of likely N-dealkylation sites (N-methyl/N-ethyl adjacent to an activating group) is 1. The SMILES string of the molecule is CCN(C)C(=O)C=C[C]=O. The Labute approximate surface area is 60.3 Å². The van der Waals surface area contributed by atoms with Crippen molar-refractivity contribution in [2.24, 2.45) is 0 Å². The van der Waals surface area contributed by atoms with Gasteiger partial charge in [-0.05, 0) is 13.0 Å². The molecule has 1 amide bonds. The molecule has 0 bridgehead atoms. The smallest absolute Gasteiger partial charge is 0.246 e. The van der Waals surface area contributed by atoms with Crippen LogP contribution in [0.1, 0.15) is 6.92 Å². The molecule has 0 rings (SSSR count). The van der Waals surface area contributed by atoms with Crippen LogP contribution < -0.4 is 0 Å². The van der Waals surface area contributed by atoms with Gasteiger partial charge >= 0.3 is 0 Å². The molecule has 3 heteroatoms. The average molecular weight is 140 g/mol. The predicted octanol–water partition coefficient (Wildman–Crippen LogP) is 0.131. The highest BCUT2D eigenvalue weighted by atomic mass is 16.2. The van der Waals surface area contributed by atoms with Crippen LogP contribution in [-0.2, 0) is 9.59 Å². The van der Waals surface area contributed by atoms with Gasteiger partial charge in [-0.3, -0.25) is 9.59 Å². The Morgan fingerprint density at radius 1 is 1.70 bits per heavy atom. The van der Waals surface area contributed by atoms with Gasteiger partial charge in [-0.15, -0.1) is 0 Å². The van der Waals surface area contributed by atoms with Crippen LogP contribution in [0.2, 0.25) is 0 Å². The van der Waals surface area contributed by atoms with E-state index in [0.717, 1.165) is 6.08 Å². The van der Waals surface area contributed by atoms with Crippen molar-refractivity contribution in [3.8, 4) is 0 Å². The maximum Gasteiger partial charge on any atom is 0.246 e. The van der Waals surface area contributed by atoms with Gasteiger partial charge in [0, 0.05) is 19.7 Å². The number of allylic oxidation sites excluding steroid dienone is 1. The van der Waals surface area contributed by atoms with Crippen molar-refractivity contribution in [3.63, 3.8) is 0 Å². The Bertz CT molecular complexity index is 152. The molecule has 0 N–H and O–H groups in total. The monoisotopic (exact) mass is 140 g/mol. The van der Waals surface area contributed by atoms with Crippen LogP contribution in [0.15, 0.2) is 12.2 Å². The molecule has 0 saturated heterocycles. The Morgan fingerprint density at radius 2 is 2.30 bits per heavy atom. The van der Waals surface area contributed by atoms with Gasteiger partial charge < -0.3 is 4.90 Å². The van der Waals surface area contributed by atoms with Crippen molar-refractivity contribution in [3.05, 3.63) is 12.2 Å². The molecule has 55 valence electrons. The molecule has 10 heavy (non-hydrogen) atoms. The Kier molecular flexibility index (Phi) is 4.20. The molecule has 0 aliphatic rings. The van der Waals surface area contributed by atoms with Crippen molar-refractivity contribution in [1.82, 2.24) is 4.90 Å². The Morgan fingerprint density at radius 3 is 2.70 bits per heavy atom. The molecule has 1 radical (unpaired) electrons. The lowest BCUT2D eigenvalue weighted by atomic mass is 10.4. The first-order valence-electron chi connectivity index (χ1n) is 3.01. The number of carbonyl (C=O) groups excluding carboxylic acids is 2. The van der Waals surface area contributed by atoms with E-state index < -0.39 is 0 Å². The van der Waals surface area contributed by atoms with Crippen molar-refractivity contribution in [1.29, 1.82) is 0 Å². The minimum absolute atomic E-state index is 0.175. The van der Waals surface area contributed by atoms with Gasteiger partial charge in [-0.1, -0.05) is 0 Å². The summed E-state index contributed by atoms with van der Waals surface area (Å²) in [5, 5.41) is 0. The Hall–Kier alpha value is -1.12. The third kappa shape index (κ3) is 3.02. The van der Waals surface area contributed by atoms with Crippen LogP contribution in [-0.4, -0.2) is 30.7 Å². The van der Waals surface area contributed by atoms with Gasteiger partial charge in [0.15, 0.2) is 0 Å². The molecular formula is C7H10NO2. The molecule has 0 fully saturated rings. The van der Waals surface area contributed by atoms with Crippen LogP contribution >= 0.6 is 0 Å². The molecule has 3 nitrogen and oxygen atoms in total. The predicted molar refractivity (Wildman–Crippen MR) is 38.1 cm³/mol. The summed E-state index contributed by atoms with van der Waals surface area (Å²) in [5.74, 6) is -0.175. The maximum atomic E-state index is 10.8. The lowest BCUT2D eigenvalue weighted by molar-refractivity contribution is -0.124. The van der Waals surface area contributed by atoms with Gasteiger partial charge in [0.25, 0.3) is 0 Å².